The number of hydrogen-bond donors (Lipinski definition) is 3. The van der Waals surface area contributed by atoms with E-state index in [1.807, 2.05) is 12.1 Å². The zero-order valence-electron chi connectivity index (χ0n) is 29.2. The number of fused-ring (bicyclic) bond motifs is 4. The first-order valence-corrected chi connectivity index (χ1v) is 18.3. The molecule has 2 bridgehead atoms. The van der Waals surface area contributed by atoms with Crippen molar-refractivity contribution in [3.63, 3.8) is 0 Å². The quantitative estimate of drug-likeness (QED) is 0.148. The first kappa shape index (κ1) is 35.2. The van der Waals surface area contributed by atoms with Gasteiger partial charge in [-0.2, -0.15) is 5.06 Å². The summed E-state index contributed by atoms with van der Waals surface area (Å²) in [5.41, 5.74) is -0.760. The van der Waals surface area contributed by atoms with Crippen LogP contribution < -0.4 is 10.6 Å². The molecule has 7 aliphatic rings. The second-order valence-corrected chi connectivity index (χ2v) is 15.7. The number of cyclic esters (lactones) is 1. The van der Waals surface area contributed by atoms with Crippen molar-refractivity contribution >= 4 is 35.8 Å². The van der Waals surface area contributed by atoms with E-state index >= 15 is 0 Å². The fraction of sp³-hybridized carbons (Fsp3) is 0.649. The third-order valence-electron chi connectivity index (χ3n) is 11.5. The minimum absolute atomic E-state index is 0.00995. The fourth-order valence-corrected chi connectivity index (χ4v) is 8.66. The number of esters is 3. The van der Waals surface area contributed by atoms with Crippen LogP contribution in [0.3, 0.4) is 0 Å². The van der Waals surface area contributed by atoms with Gasteiger partial charge in [-0.25, -0.2) is 9.59 Å². The summed E-state index contributed by atoms with van der Waals surface area (Å²) in [6.45, 7) is 3.68. The number of carbonyl (C=O) groups is 5. The second-order valence-electron chi connectivity index (χ2n) is 15.7. The molecule has 15 nitrogen and oxygen atoms in total. The SMILES string of the molecule is CC1(C)COC(=O)C1OC(=O)C=Cc1ccccc1CN1OC2C3OC(C4CC4)(C4CC4)OC3C3CC2(C(=O)NCCC(=O)NCCO)C1C(=O)O3. The van der Waals surface area contributed by atoms with Gasteiger partial charge in [-0.15, -0.1) is 0 Å². The minimum atomic E-state index is -1.41. The van der Waals surface area contributed by atoms with E-state index in [-0.39, 0.29) is 63.4 Å². The summed E-state index contributed by atoms with van der Waals surface area (Å²) >= 11 is 0. The number of aliphatic hydroxyl groups excluding tert-OH is 1. The first-order valence-electron chi connectivity index (χ1n) is 18.3. The van der Waals surface area contributed by atoms with Gasteiger partial charge in [-0.1, -0.05) is 38.1 Å². The van der Waals surface area contributed by atoms with E-state index in [0.29, 0.717) is 11.1 Å². The molecule has 7 unspecified atom stereocenters. The number of amides is 2. The van der Waals surface area contributed by atoms with Crippen molar-refractivity contribution < 1.29 is 57.6 Å². The predicted molar refractivity (Wildman–Crippen MR) is 177 cm³/mol. The molecule has 7 fully saturated rings. The zero-order chi connectivity index (χ0) is 36.4. The van der Waals surface area contributed by atoms with Crippen molar-refractivity contribution in [1.82, 2.24) is 15.7 Å². The highest BCUT2D eigenvalue weighted by Crippen LogP contribution is 2.63. The lowest BCUT2D eigenvalue weighted by molar-refractivity contribution is -0.235. The molecule has 3 aliphatic carbocycles. The molecule has 4 saturated heterocycles. The third-order valence-corrected chi connectivity index (χ3v) is 11.5. The van der Waals surface area contributed by atoms with E-state index in [2.05, 4.69) is 10.6 Å². The van der Waals surface area contributed by atoms with Crippen LogP contribution in [0.2, 0.25) is 0 Å². The van der Waals surface area contributed by atoms with Crippen LogP contribution in [0.25, 0.3) is 6.08 Å². The molecule has 1 aromatic carbocycles. The van der Waals surface area contributed by atoms with E-state index in [0.717, 1.165) is 25.7 Å². The van der Waals surface area contributed by atoms with Gasteiger partial charge in [-0.05, 0) is 42.9 Å². The Bertz CT molecular complexity index is 1660. The molecule has 8 rings (SSSR count). The Morgan fingerprint density at radius 2 is 1.73 bits per heavy atom. The summed E-state index contributed by atoms with van der Waals surface area (Å²) in [6, 6.07) is 6.08. The zero-order valence-corrected chi connectivity index (χ0v) is 29.2. The van der Waals surface area contributed by atoms with Crippen molar-refractivity contribution in [3.05, 3.63) is 41.5 Å². The number of hydroxylamine groups is 2. The summed E-state index contributed by atoms with van der Waals surface area (Å²) in [5.74, 6) is -3.03. The lowest BCUT2D eigenvalue weighted by Gasteiger charge is -2.48. The highest BCUT2D eigenvalue weighted by Gasteiger charge is 2.78. The van der Waals surface area contributed by atoms with E-state index < -0.39 is 77.0 Å². The van der Waals surface area contributed by atoms with Gasteiger partial charge in [0, 0.05) is 49.3 Å². The van der Waals surface area contributed by atoms with Crippen LogP contribution in [0.4, 0.5) is 0 Å². The van der Waals surface area contributed by atoms with Crippen molar-refractivity contribution in [1.29, 1.82) is 0 Å². The van der Waals surface area contributed by atoms with Gasteiger partial charge in [-0.3, -0.25) is 19.2 Å². The Balaban J connectivity index is 1.06. The van der Waals surface area contributed by atoms with E-state index in [4.69, 9.17) is 33.6 Å². The molecule has 0 radical (unpaired) electrons. The molecule has 3 N–H and O–H groups in total. The molecular formula is C37H45N3O12. The molecule has 0 spiro atoms. The van der Waals surface area contributed by atoms with Gasteiger partial charge < -0.3 is 39.4 Å². The molecule has 3 saturated carbocycles. The Kier molecular flexibility index (Phi) is 8.92. The van der Waals surface area contributed by atoms with Crippen LogP contribution in [0, 0.1) is 22.7 Å². The Labute approximate surface area is 300 Å². The van der Waals surface area contributed by atoms with Crippen LogP contribution >= 0.6 is 0 Å². The molecule has 15 heteroatoms. The molecule has 1 aromatic rings. The van der Waals surface area contributed by atoms with Crippen molar-refractivity contribution in [2.45, 2.75) is 101 Å². The van der Waals surface area contributed by atoms with Gasteiger partial charge in [0.05, 0.1) is 13.2 Å². The average Bonchev–Trinajstić information content (AvgIpc) is 4.06. The summed E-state index contributed by atoms with van der Waals surface area (Å²) < 4.78 is 30.3. The maximum absolute atomic E-state index is 14.4. The molecule has 7 atom stereocenters. The highest BCUT2D eigenvalue weighted by atomic mass is 16.8. The normalized spacial score (nSPS) is 34.1. The molecule has 2 amide bonds. The molecule has 280 valence electrons. The number of carbonyl (C=O) groups excluding carboxylic acids is 5. The number of nitrogens with one attached hydrogen (secondary N) is 2. The lowest BCUT2D eigenvalue weighted by Crippen LogP contribution is -2.69. The number of hydrogen-bond acceptors (Lipinski definition) is 13. The molecule has 0 aromatic heterocycles. The van der Waals surface area contributed by atoms with E-state index in [9.17, 15) is 24.0 Å². The summed E-state index contributed by atoms with van der Waals surface area (Å²) in [4.78, 5) is 72.4. The summed E-state index contributed by atoms with van der Waals surface area (Å²) in [5, 5.41) is 16.0. The standard InChI is InChI=1S/C37H45N3O12/c1-35(2)19-47-33(45)31(35)49-26(43)12-7-20-5-3-4-6-21(20)18-40-29-32(44)48-24-17-36(29,34(46)39-14-13-25(42)38-15-16-41)30(52-40)28-27(24)50-37(51-28,22-8-9-22)23-10-11-23/h3-7,12,22-24,27-31,41H,8-11,13-19H2,1-2H3,(H,38,42)(H,39,46). The predicted octanol–water partition coefficient (Wildman–Crippen LogP) is 0.910. The highest BCUT2D eigenvalue weighted by molar-refractivity contribution is 5.94. The van der Waals surface area contributed by atoms with Crippen LogP contribution in [0.5, 0.6) is 0 Å². The van der Waals surface area contributed by atoms with Crippen molar-refractivity contribution in [2.75, 3.05) is 26.3 Å². The minimum Gasteiger partial charge on any atom is -0.462 e. The van der Waals surface area contributed by atoms with Crippen LogP contribution in [-0.2, 0) is 59.0 Å². The molecular weight excluding hydrogens is 678 g/mol. The average molecular weight is 724 g/mol. The maximum Gasteiger partial charge on any atom is 0.348 e. The Morgan fingerprint density at radius 1 is 1.00 bits per heavy atom. The summed E-state index contributed by atoms with van der Waals surface area (Å²) in [7, 11) is 0. The van der Waals surface area contributed by atoms with Crippen LogP contribution in [0.15, 0.2) is 30.3 Å². The van der Waals surface area contributed by atoms with Gasteiger partial charge >= 0.3 is 17.9 Å². The first-order chi connectivity index (χ1) is 25.0. The van der Waals surface area contributed by atoms with E-state index in [1.54, 1.807) is 32.1 Å². The molecule has 4 heterocycles. The van der Waals surface area contributed by atoms with Gasteiger partial charge in [0.1, 0.15) is 36.4 Å². The van der Waals surface area contributed by atoms with Crippen molar-refractivity contribution in [2.24, 2.45) is 22.7 Å². The number of aliphatic hydroxyl groups is 1. The molecule has 4 aliphatic heterocycles. The van der Waals surface area contributed by atoms with Gasteiger partial charge in [0.15, 0.2) is 11.8 Å². The van der Waals surface area contributed by atoms with Gasteiger partial charge in [0.2, 0.25) is 17.9 Å². The number of ether oxygens (including phenoxy) is 5. The monoisotopic (exact) mass is 723 g/mol. The smallest absolute Gasteiger partial charge is 0.348 e. The second kappa shape index (κ2) is 13.2. The molecule has 52 heavy (non-hydrogen) atoms. The van der Waals surface area contributed by atoms with Crippen LogP contribution in [-0.4, -0.2) is 109 Å². The van der Waals surface area contributed by atoms with E-state index in [1.165, 1.54) is 11.1 Å². The Hall–Kier alpha value is -3.89. The van der Waals surface area contributed by atoms with Gasteiger partial charge in [0.25, 0.3) is 0 Å². The number of rotatable bonds is 13. The Morgan fingerprint density at radius 3 is 2.42 bits per heavy atom. The van der Waals surface area contributed by atoms with Crippen LogP contribution in [0.1, 0.15) is 63.5 Å². The summed E-state index contributed by atoms with van der Waals surface area (Å²) in [6.07, 6.45) is 2.91. The third kappa shape index (κ3) is 5.99. The lowest BCUT2D eigenvalue weighted by atomic mass is 9.62. The fourth-order valence-electron chi connectivity index (χ4n) is 8.66. The number of nitrogens with zero attached hydrogens (tertiary/aromatic N) is 1. The largest absolute Gasteiger partial charge is 0.462 e. The maximum atomic E-state index is 14.4. The number of benzene rings is 1. The van der Waals surface area contributed by atoms with Crippen molar-refractivity contribution in [3.8, 4) is 0 Å². The topological polar surface area (TPSA) is 188 Å².